The van der Waals surface area contributed by atoms with Gasteiger partial charge < -0.3 is 15.5 Å². The fraction of sp³-hybridized carbons (Fsp3) is 0.333. The summed E-state index contributed by atoms with van der Waals surface area (Å²) in [7, 11) is -4.83. The SMILES string of the molecule is N/C(=C\P(=O)(O)O)C(F)(F)F. The van der Waals surface area contributed by atoms with Crippen LogP contribution >= 0.6 is 7.60 Å². The molecule has 0 fully saturated rings. The smallest absolute Gasteiger partial charge is 0.394 e. The topological polar surface area (TPSA) is 83.6 Å². The standard InChI is InChI=1S/C3H5F3NO3P/c4-3(5,6)2(7)1-11(8,9)10/h1H,7H2,(H2,8,9,10)/b2-1-. The Balaban J connectivity index is 4.63. The van der Waals surface area contributed by atoms with Gasteiger partial charge in [0.1, 0.15) is 5.70 Å². The van der Waals surface area contributed by atoms with Gasteiger partial charge in [0.15, 0.2) is 0 Å². The van der Waals surface area contributed by atoms with Crippen molar-refractivity contribution in [2.45, 2.75) is 6.18 Å². The number of alkyl halides is 3. The number of halogens is 3. The van der Waals surface area contributed by atoms with E-state index in [0.29, 0.717) is 0 Å². The first-order valence-electron chi connectivity index (χ1n) is 2.24. The number of hydrogen-bond acceptors (Lipinski definition) is 2. The fourth-order valence-electron chi connectivity index (χ4n) is 0.254. The third-order valence-corrected chi connectivity index (χ3v) is 1.25. The number of allylic oxidation sites excluding steroid dienone is 1. The summed E-state index contributed by atoms with van der Waals surface area (Å²) in [4.78, 5) is 16.0. The lowest BCUT2D eigenvalue weighted by atomic mass is 10.5. The molecule has 0 saturated heterocycles. The van der Waals surface area contributed by atoms with Crippen molar-refractivity contribution in [2.24, 2.45) is 5.73 Å². The van der Waals surface area contributed by atoms with Gasteiger partial charge in [0.05, 0.1) is 5.82 Å². The Morgan fingerprint density at radius 3 is 1.91 bits per heavy atom. The van der Waals surface area contributed by atoms with Gasteiger partial charge in [-0.1, -0.05) is 0 Å². The number of hydrogen-bond donors (Lipinski definition) is 3. The van der Waals surface area contributed by atoms with E-state index in [2.05, 4.69) is 5.73 Å². The van der Waals surface area contributed by atoms with Crippen LogP contribution in [-0.2, 0) is 4.57 Å². The van der Waals surface area contributed by atoms with Crippen molar-refractivity contribution in [1.82, 2.24) is 0 Å². The van der Waals surface area contributed by atoms with Crippen molar-refractivity contribution < 1.29 is 27.5 Å². The zero-order valence-electron chi connectivity index (χ0n) is 5.04. The van der Waals surface area contributed by atoms with Gasteiger partial charge in [0.25, 0.3) is 0 Å². The van der Waals surface area contributed by atoms with Crippen LogP contribution in [0, 0.1) is 0 Å². The predicted molar refractivity (Wildman–Crippen MR) is 30.4 cm³/mol. The van der Waals surface area contributed by atoms with Crippen LogP contribution in [-0.4, -0.2) is 16.0 Å². The van der Waals surface area contributed by atoms with Gasteiger partial charge in [0.2, 0.25) is 0 Å². The van der Waals surface area contributed by atoms with Crippen molar-refractivity contribution in [2.75, 3.05) is 0 Å². The van der Waals surface area contributed by atoms with Gasteiger partial charge in [0, 0.05) is 0 Å². The molecule has 0 aliphatic heterocycles. The molecular formula is C3H5F3NO3P. The molecule has 4 nitrogen and oxygen atoms in total. The zero-order valence-corrected chi connectivity index (χ0v) is 5.93. The maximum Gasteiger partial charge on any atom is 0.431 e. The predicted octanol–water partition coefficient (Wildman–Crippen LogP) is 0.526. The first-order valence-corrected chi connectivity index (χ1v) is 3.92. The van der Waals surface area contributed by atoms with Crippen LogP contribution in [0.25, 0.3) is 0 Å². The molecule has 0 radical (unpaired) electrons. The summed E-state index contributed by atoms with van der Waals surface area (Å²) < 4.78 is 44.3. The molecule has 0 aromatic rings. The average molecular weight is 191 g/mol. The largest absolute Gasteiger partial charge is 0.431 e. The van der Waals surface area contributed by atoms with E-state index < -0.39 is 19.5 Å². The lowest BCUT2D eigenvalue weighted by Crippen LogP contribution is -2.19. The second kappa shape index (κ2) is 2.84. The van der Waals surface area contributed by atoms with Gasteiger partial charge >= 0.3 is 13.8 Å². The Labute approximate surface area is 59.7 Å². The highest BCUT2D eigenvalue weighted by Crippen LogP contribution is 2.39. The summed E-state index contributed by atoms with van der Waals surface area (Å²) in [6, 6.07) is 0. The minimum Gasteiger partial charge on any atom is -0.394 e. The summed E-state index contributed by atoms with van der Waals surface area (Å²) in [5, 5.41) is 0. The highest BCUT2D eigenvalue weighted by atomic mass is 31.2. The van der Waals surface area contributed by atoms with Crippen molar-refractivity contribution >= 4 is 7.60 Å². The van der Waals surface area contributed by atoms with E-state index in [1.165, 1.54) is 0 Å². The summed E-state index contributed by atoms with van der Waals surface area (Å²) in [6.07, 6.45) is -4.89. The molecule has 0 aliphatic rings. The normalized spacial score (nSPS) is 15.2. The Bertz CT molecular complexity index is 216. The summed E-state index contributed by atoms with van der Waals surface area (Å²) >= 11 is 0. The molecule has 0 aromatic carbocycles. The van der Waals surface area contributed by atoms with Crippen LogP contribution in [0.15, 0.2) is 11.5 Å². The van der Waals surface area contributed by atoms with Crippen molar-refractivity contribution in [3.8, 4) is 0 Å². The van der Waals surface area contributed by atoms with Gasteiger partial charge in [-0.15, -0.1) is 0 Å². The van der Waals surface area contributed by atoms with Crippen LogP contribution in [0.1, 0.15) is 0 Å². The van der Waals surface area contributed by atoms with E-state index >= 15 is 0 Å². The highest BCUT2D eigenvalue weighted by molar-refractivity contribution is 7.55. The van der Waals surface area contributed by atoms with Crippen molar-refractivity contribution in [3.05, 3.63) is 11.5 Å². The second-order valence-corrected chi connectivity index (χ2v) is 3.11. The molecule has 0 bridgehead atoms. The minimum atomic E-state index is -4.89. The average Bonchev–Trinajstić information content (AvgIpc) is 1.56. The molecule has 8 heteroatoms. The molecule has 0 aromatic heterocycles. The highest BCUT2D eigenvalue weighted by Gasteiger charge is 2.33. The first kappa shape index (κ1) is 10.5. The van der Waals surface area contributed by atoms with E-state index in [0.717, 1.165) is 0 Å². The maximum absolute atomic E-state index is 11.4. The molecule has 4 N–H and O–H groups in total. The van der Waals surface area contributed by atoms with E-state index in [1.54, 1.807) is 0 Å². The Kier molecular flexibility index (Phi) is 2.71. The molecule has 66 valence electrons. The molecule has 0 aliphatic carbocycles. The number of rotatable bonds is 1. The van der Waals surface area contributed by atoms with Gasteiger partial charge in [-0.3, -0.25) is 4.57 Å². The van der Waals surface area contributed by atoms with Crippen LogP contribution in [0.2, 0.25) is 0 Å². The minimum absolute atomic E-state index is 0.326. The molecular weight excluding hydrogens is 186 g/mol. The van der Waals surface area contributed by atoms with E-state index in [9.17, 15) is 17.7 Å². The van der Waals surface area contributed by atoms with Gasteiger partial charge in [-0.05, 0) is 0 Å². The Hall–Kier alpha value is -0.520. The zero-order chi connectivity index (χ0) is 9.28. The van der Waals surface area contributed by atoms with Crippen LogP contribution in [0.4, 0.5) is 13.2 Å². The van der Waals surface area contributed by atoms with Crippen molar-refractivity contribution in [3.63, 3.8) is 0 Å². The third-order valence-electron chi connectivity index (χ3n) is 0.635. The van der Waals surface area contributed by atoms with Gasteiger partial charge in [-0.2, -0.15) is 13.2 Å². The Morgan fingerprint density at radius 1 is 1.45 bits per heavy atom. The lowest BCUT2D eigenvalue weighted by molar-refractivity contribution is -0.0926. The molecule has 0 amide bonds. The summed E-state index contributed by atoms with van der Waals surface area (Å²) in [5.74, 6) is -0.326. The molecule has 0 saturated carbocycles. The lowest BCUT2D eigenvalue weighted by Gasteiger charge is -2.05. The molecule has 0 unspecified atom stereocenters. The van der Waals surface area contributed by atoms with Crippen LogP contribution < -0.4 is 5.73 Å². The second-order valence-electron chi connectivity index (χ2n) is 1.67. The molecule has 11 heavy (non-hydrogen) atoms. The summed E-state index contributed by atoms with van der Waals surface area (Å²) in [5.41, 5.74) is 2.49. The van der Waals surface area contributed by atoms with E-state index in [4.69, 9.17) is 9.79 Å². The molecule has 0 spiro atoms. The van der Waals surface area contributed by atoms with Gasteiger partial charge in [-0.25, -0.2) is 0 Å². The first-order chi connectivity index (χ1) is 4.63. The Morgan fingerprint density at radius 2 is 1.82 bits per heavy atom. The monoisotopic (exact) mass is 191 g/mol. The summed E-state index contributed by atoms with van der Waals surface area (Å²) in [6.45, 7) is 0. The fourth-order valence-corrected chi connectivity index (χ4v) is 0.763. The maximum atomic E-state index is 11.4. The quantitative estimate of drug-likeness (QED) is 0.527. The van der Waals surface area contributed by atoms with E-state index in [-0.39, 0.29) is 5.82 Å². The molecule has 0 heterocycles. The molecule has 0 rings (SSSR count). The third kappa shape index (κ3) is 4.83. The number of nitrogens with two attached hydrogens (primary N) is 1. The van der Waals surface area contributed by atoms with E-state index in [1.807, 2.05) is 0 Å². The molecule has 0 atom stereocenters. The van der Waals surface area contributed by atoms with Crippen molar-refractivity contribution in [1.29, 1.82) is 0 Å². The van der Waals surface area contributed by atoms with Crippen LogP contribution in [0.3, 0.4) is 0 Å². The van der Waals surface area contributed by atoms with Crippen LogP contribution in [0.5, 0.6) is 0 Å².